The van der Waals surface area contributed by atoms with Gasteiger partial charge in [-0.15, -0.1) is 0 Å². The zero-order chi connectivity index (χ0) is 13.0. The van der Waals surface area contributed by atoms with E-state index in [9.17, 15) is 0 Å². The Morgan fingerprint density at radius 3 is 2.94 bits per heavy atom. The number of hydrogen-bond donors (Lipinski definition) is 2. The van der Waals surface area contributed by atoms with Crippen molar-refractivity contribution in [3.05, 3.63) is 18.2 Å². The molecule has 3 nitrogen and oxygen atoms in total. The summed E-state index contributed by atoms with van der Waals surface area (Å²) in [6.07, 6.45) is 3.79. The van der Waals surface area contributed by atoms with Crippen molar-refractivity contribution < 1.29 is 4.74 Å². The molecular weight excluding hydrogens is 224 g/mol. The molecule has 1 heterocycles. The largest absolute Gasteiger partial charge is 0.489 e. The number of rotatable bonds is 4. The van der Waals surface area contributed by atoms with Crippen molar-refractivity contribution in [3.63, 3.8) is 0 Å². The van der Waals surface area contributed by atoms with Crippen molar-refractivity contribution in [3.8, 4) is 5.75 Å². The topological polar surface area (TPSA) is 33.3 Å². The molecule has 18 heavy (non-hydrogen) atoms. The molecule has 0 bridgehead atoms. The molecule has 0 aromatic heterocycles. The van der Waals surface area contributed by atoms with Crippen molar-refractivity contribution in [2.24, 2.45) is 0 Å². The monoisotopic (exact) mass is 248 g/mol. The molecular formula is C15H24N2O. The van der Waals surface area contributed by atoms with Gasteiger partial charge in [0.2, 0.25) is 0 Å². The van der Waals surface area contributed by atoms with Crippen LogP contribution in [0.3, 0.4) is 0 Å². The highest BCUT2D eigenvalue weighted by molar-refractivity contribution is 5.76. The van der Waals surface area contributed by atoms with Crippen LogP contribution < -0.4 is 15.4 Å². The Balaban J connectivity index is 2.21. The smallest absolute Gasteiger partial charge is 0.144 e. The van der Waals surface area contributed by atoms with Crippen molar-refractivity contribution in [1.82, 2.24) is 0 Å². The van der Waals surface area contributed by atoms with Crippen LogP contribution in [0.25, 0.3) is 0 Å². The predicted octanol–water partition coefficient (Wildman–Crippen LogP) is 3.87. The number of ether oxygens (including phenoxy) is 1. The first kappa shape index (κ1) is 13.1. The van der Waals surface area contributed by atoms with E-state index in [0.717, 1.165) is 24.4 Å². The molecule has 0 spiro atoms. The molecule has 0 fully saturated rings. The highest BCUT2D eigenvalue weighted by atomic mass is 16.5. The van der Waals surface area contributed by atoms with E-state index in [2.05, 4.69) is 43.5 Å². The lowest BCUT2D eigenvalue weighted by Gasteiger charge is -2.18. The van der Waals surface area contributed by atoms with Gasteiger partial charge < -0.3 is 15.4 Å². The van der Waals surface area contributed by atoms with Gasteiger partial charge in [0.25, 0.3) is 0 Å². The zero-order valence-corrected chi connectivity index (χ0v) is 11.6. The van der Waals surface area contributed by atoms with E-state index in [4.69, 9.17) is 4.74 Å². The molecule has 1 atom stereocenters. The van der Waals surface area contributed by atoms with Gasteiger partial charge in [0.15, 0.2) is 0 Å². The molecule has 3 heteroatoms. The lowest BCUT2D eigenvalue weighted by molar-refractivity contribution is 0.244. The second-order valence-corrected chi connectivity index (χ2v) is 5.19. The van der Waals surface area contributed by atoms with Crippen LogP contribution in [0.2, 0.25) is 0 Å². The lowest BCUT2D eigenvalue weighted by atomic mass is 10.1. The molecule has 1 unspecified atom stereocenters. The maximum atomic E-state index is 5.86. The summed E-state index contributed by atoms with van der Waals surface area (Å²) in [4.78, 5) is 0. The lowest BCUT2D eigenvalue weighted by Crippen LogP contribution is -2.19. The van der Waals surface area contributed by atoms with E-state index in [1.807, 2.05) is 6.07 Å². The third kappa shape index (κ3) is 3.09. The molecule has 2 N–H and O–H groups in total. The summed E-state index contributed by atoms with van der Waals surface area (Å²) in [5, 5.41) is 7.13. The standard InChI is InChI=1S/C15H24N2O/c1-4-6-12-9-10-16-15-13(17-12)7-5-8-14(15)18-11(2)3/h5,7-8,11-12,16-17H,4,6,9-10H2,1-3H3. The number of fused-ring (bicyclic) bond motifs is 1. The predicted molar refractivity (Wildman–Crippen MR) is 77.6 cm³/mol. The average Bonchev–Trinajstić information content (AvgIpc) is 2.51. The van der Waals surface area contributed by atoms with Gasteiger partial charge in [0.1, 0.15) is 11.4 Å². The molecule has 1 aliphatic rings. The number of nitrogens with one attached hydrogen (secondary N) is 2. The minimum absolute atomic E-state index is 0.202. The third-order valence-electron chi connectivity index (χ3n) is 3.18. The fraction of sp³-hybridized carbons (Fsp3) is 0.600. The number of anilines is 2. The van der Waals surface area contributed by atoms with Gasteiger partial charge in [-0.1, -0.05) is 19.4 Å². The quantitative estimate of drug-likeness (QED) is 0.848. The van der Waals surface area contributed by atoms with Gasteiger partial charge in [-0.05, 0) is 38.8 Å². The number of benzene rings is 1. The normalized spacial score (nSPS) is 18.6. The van der Waals surface area contributed by atoms with Gasteiger partial charge in [-0.2, -0.15) is 0 Å². The highest BCUT2D eigenvalue weighted by Gasteiger charge is 2.17. The summed E-state index contributed by atoms with van der Waals surface area (Å²) < 4.78 is 5.86. The van der Waals surface area contributed by atoms with Gasteiger partial charge in [0.05, 0.1) is 11.8 Å². The average molecular weight is 248 g/mol. The second kappa shape index (κ2) is 5.98. The summed E-state index contributed by atoms with van der Waals surface area (Å²) in [6.45, 7) is 7.36. The van der Waals surface area contributed by atoms with Crippen LogP contribution in [0.1, 0.15) is 40.0 Å². The summed E-state index contributed by atoms with van der Waals surface area (Å²) in [5.74, 6) is 0.951. The van der Waals surface area contributed by atoms with E-state index >= 15 is 0 Å². The summed E-state index contributed by atoms with van der Waals surface area (Å²) in [5.41, 5.74) is 2.29. The molecule has 0 aliphatic carbocycles. The van der Waals surface area contributed by atoms with Gasteiger partial charge in [-0.25, -0.2) is 0 Å². The molecule has 1 aliphatic heterocycles. The molecule has 2 rings (SSSR count). The first-order valence-electron chi connectivity index (χ1n) is 7.00. The molecule has 0 radical (unpaired) electrons. The maximum absolute atomic E-state index is 5.86. The summed E-state index contributed by atoms with van der Waals surface area (Å²) in [7, 11) is 0. The Labute approximate surface area is 110 Å². The van der Waals surface area contributed by atoms with Crippen molar-refractivity contribution in [2.75, 3.05) is 17.2 Å². The fourth-order valence-corrected chi connectivity index (χ4v) is 2.41. The molecule has 1 aromatic rings. The van der Waals surface area contributed by atoms with E-state index in [0.29, 0.717) is 6.04 Å². The zero-order valence-electron chi connectivity index (χ0n) is 11.6. The van der Waals surface area contributed by atoms with Crippen LogP contribution in [0.5, 0.6) is 5.75 Å². The third-order valence-corrected chi connectivity index (χ3v) is 3.18. The van der Waals surface area contributed by atoms with Crippen molar-refractivity contribution in [2.45, 2.75) is 52.2 Å². The Hall–Kier alpha value is -1.38. The number of hydrogen-bond acceptors (Lipinski definition) is 3. The number of para-hydroxylation sites is 1. The van der Waals surface area contributed by atoms with E-state index < -0.39 is 0 Å². The fourth-order valence-electron chi connectivity index (χ4n) is 2.41. The molecule has 0 saturated heterocycles. The Bertz CT molecular complexity index is 390. The van der Waals surface area contributed by atoms with E-state index in [-0.39, 0.29) is 6.10 Å². The minimum Gasteiger partial charge on any atom is -0.489 e. The van der Waals surface area contributed by atoms with E-state index in [1.165, 1.54) is 18.5 Å². The van der Waals surface area contributed by atoms with E-state index in [1.54, 1.807) is 0 Å². The minimum atomic E-state index is 0.202. The van der Waals surface area contributed by atoms with Crippen LogP contribution in [0.15, 0.2) is 18.2 Å². The van der Waals surface area contributed by atoms with Gasteiger partial charge in [-0.3, -0.25) is 0 Å². The van der Waals surface area contributed by atoms with Crippen LogP contribution in [-0.4, -0.2) is 18.7 Å². The maximum Gasteiger partial charge on any atom is 0.144 e. The van der Waals surface area contributed by atoms with Crippen molar-refractivity contribution >= 4 is 11.4 Å². The second-order valence-electron chi connectivity index (χ2n) is 5.19. The first-order valence-corrected chi connectivity index (χ1v) is 7.00. The van der Waals surface area contributed by atoms with Gasteiger partial charge in [0, 0.05) is 12.6 Å². The first-order chi connectivity index (χ1) is 8.70. The summed E-state index contributed by atoms with van der Waals surface area (Å²) in [6, 6.07) is 6.79. The van der Waals surface area contributed by atoms with Gasteiger partial charge >= 0.3 is 0 Å². The molecule has 0 saturated carbocycles. The highest BCUT2D eigenvalue weighted by Crippen LogP contribution is 2.35. The molecule has 100 valence electrons. The SMILES string of the molecule is CCCC1CCNc2c(cccc2OC(C)C)N1. The van der Waals surface area contributed by atoms with Crippen LogP contribution in [0.4, 0.5) is 11.4 Å². The Morgan fingerprint density at radius 2 is 2.22 bits per heavy atom. The van der Waals surface area contributed by atoms with Crippen LogP contribution >= 0.6 is 0 Å². The summed E-state index contributed by atoms with van der Waals surface area (Å²) >= 11 is 0. The van der Waals surface area contributed by atoms with Crippen LogP contribution in [-0.2, 0) is 0 Å². The van der Waals surface area contributed by atoms with Crippen LogP contribution in [0, 0.1) is 0 Å². The Morgan fingerprint density at radius 1 is 1.39 bits per heavy atom. The molecule has 0 amide bonds. The molecule has 1 aromatic carbocycles. The Kier molecular flexibility index (Phi) is 4.34. The van der Waals surface area contributed by atoms with Crippen molar-refractivity contribution in [1.29, 1.82) is 0 Å².